The topological polar surface area (TPSA) is 56.7 Å². The molecule has 0 saturated carbocycles. The van der Waals surface area contributed by atoms with Gasteiger partial charge in [0.05, 0.1) is 11.8 Å². The maximum atomic E-state index is 12.2. The van der Waals surface area contributed by atoms with Crippen LogP contribution in [0.2, 0.25) is 0 Å². The number of rotatable bonds is 1. The van der Waals surface area contributed by atoms with Crippen molar-refractivity contribution in [3.8, 4) is 5.75 Å². The number of aromatic nitrogens is 1. The molecule has 1 aromatic heterocycles. The lowest BCUT2D eigenvalue weighted by molar-refractivity contribution is 0.0571. The fourth-order valence-electron chi connectivity index (χ4n) is 1.96. The number of piperazine rings is 1. The van der Waals surface area contributed by atoms with Crippen molar-refractivity contribution in [1.82, 2.24) is 14.8 Å². The second kappa shape index (κ2) is 4.71. The Hall–Kier alpha value is -1.62. The zero-order valence-corrected chi connectivity index (χ0v) is 10.1. The summed E-state index contributed by atoms with van der Waals surface area (Å²) < 4.78 is 0. The molecule has 2 heterocycles. The highest BCUT2D eigenvalue weighted by Crippen LogP contribution is 2.14. The van der Waals surface area contributed by atoms with Crippen LogP contribution in [0.5, 0.6) is 5.75 Å². The average Bonchev–Trinajstić information content (AvgIpc) is 2.32. The molecule has 17 heavy (non-hydrogen) atoms. The molecule has 1 atom stereocenters. The predicted octanol–water partition coefficient (Wildman–Crippen LogP) is 0.563. The summed E-state index contributed by atoms with van der Waals surface area (Å²) in [7, 11) is 2.06. The second-order valence-electron chi connectivity index (χ2n) is 4.51. The maximum absolute atomic E-state index is 12.2. The zero-order valence-electron chi connectivity index (χ0n) is 10.1. The molecule has 0 radical (unpaired) electrons. The number of nitrogens with zero attached hydrogens (tertiary/aromatic N) is 3. The van der Waals surface area contributed by atoms with Crippen molar-refractivity contribution in [3.63, 3.8) is 0 Å². The van der Waals surface area contributed by atoms with E-state index >= 15 is 0 Å². The number of carbonyl (C=O) groups excluding carboxylic acids is 1. The molecular formula is C12H17N3O2. The van der Waals surface area contributed by atoms with Gasteiger partial charge in [0.15, 0.2) is 0 Å². The van der Waals surface area contributed by atoms with Gasteiger partial charge >= 0.3 is 0 Å². The number of likely N-dealkylation sites (N-methyl/N-ethyl adjacent to an activating group) is 1. The highest BCUT2D eigenvalue weighted by atomic mass is 16.3. The summed E-state index contributed by atoms with van der Waals surface area (Å²) in [5.41, 5.74) is 0.446. The van der Waals surface area contributed by atoms with Crippen LogP contribution in [0.3, 0.4) is 0 Å². The van der Waals surface area contributed by atoms with E-state index in [0.717, 1.165) is 13.1 Å². The van der Waals surface area contributed by atoms with Crippen LogP contribution in [0.15, 0.2) is 18.5 Å². The summed E-state index contributed by atoms with van der Waals surface area (Å²) in [4.78, 5) is 20.0. The maximum Gasteiger partial charge on any atom is 0.255 e. The molecule has 5 heteroatoms. The molecule has 0 bridgehead atoms. The Labute approximate surface area is 101 Å². The van der Waals surface area contributed by atoms with E-state index in [1.54, 1.807) is 4.90 Å². The third-order valence-corrected chi connectivity index (χ3v) is 3.22. The van der Waals surface area contributed by atoms with E-state index in [1.165, 1.54) is 18.5 Å². The molecule has 0 spiro atoms. The number of aromatic hydroxyl groups is 1. The Balaban J connectivity index is 2.10. The minimum Gasteiger partial charge on any atom is -0.506 e. The van der Waals surface area contributed by atoms with Crippen LogP contribution in [0.25, 0.3) is 0 Å². The summed E-state index contributed by atoms with van der Waals surface area (Å²) >= 11 is 0. The average molecular weight is 235 g/mol. The number of amides is 1. The number of hydrogen-bond donors (Lipinski definition) is 1. The fraction of sp³-hybridized carbons (Fsp3) is 0.500. The normalized spacial score (nSPS) is 21.5. The van der Waals surface area contributed by atoms with Crippen molar-refractivity contribution in [3.05, 3.63) is 24.0 Å². The van der Waals surface area contributed by atoms with Crippen molar-refractivity contribution < 1.29 is 9.90 Å². The SMILES string of the molecule is CC1CN(C(=O)c2cncc(O)c2)CCN1C. The third kappa shape index (κ3) is 2.55. The predicted molar refractivity (Wildman–Crippen MR) is 63.9 cm³/mol. The lowest BCUT2D eigenvalue weighted by atomic mass is 10.1. The second-order valence-corrected chi connectivity index (χ2v) is 4.51. The summed E-state index contributed by atoms with van der Waals surface area (Å²) in [6.07, 6.45) is 2.81. The van der Waals surface area contributed by atoms with E-state index < -0.39 is 0 Å². The van der Waals surface area contributed by atoms with Gasteiger partial charge in [0.25, 0.3) is 5.91 Å². The molecule has 1 aliphatic heterocycles. The molecule has 1 saturated heterocycles. The largest absolute Gasteiger partial charge is 0.506 e. The van der Waals surface area contributed by atoms with Gasteiger partial charge in [-0.2, -0.15) is 0 Å². The van der Waals surface area contributed by atoms with E-state index in [2.05, 4.69) is 23.9 Å². The van der Waals surface area contributed by atoms with Crippen molar-refractivity contribution in [1.29, 1.82) is 0 Å². The third-order valence-electron chi connectivity index (χ3n) is 3.22. The van der Waals surface area contributed by atoms with E-state index in [9.17, 15) is 9.90 Å². The van der Waals surface area contributed by atoms with Gasteiger partial charge in [-0.05, 0) is 20.0 Å². The zero-order chi connectivity index (χ0) is 12.4. The molecule has 0 aliphatic carbocycles. The van der Waals surface area contributed by atoms with Crippen LogP contribution < -0.4 is 0 Å². The number of hydrogen-bond acceptors (Lipinski definition) is 4. The smallest absolute Gasteiger partial charge is 0.255 e. The molecule has 1 aromatic rings. The Morgan fingerprint density at radius 3 is 2.88 bits per heavy atom. The van der Waals surface area contributed by atoms with Crippen LogP contribution in [0.1, 0.15) is 17.3 Å². The molecule has 92 valence electrons. The molecule has 2 rings (SSSR count). The molecular weight excluding hydrogens is 218 g/mol. The first-order valence-electron chi connectivity index (χ1n) is 5.71. The van der Waals surface area contributed by atoms with E-state index in [1.807, 2.05) is 0 Å². The van der Waals surface area contributed by atoms with Gasteiger partial charge in [-0.1, -0.05) is 0 Å². The molecule has 1 unspecified atom stereocenters. The van der Waals surface area contributed by atoms with Crippen molar-refractivity contribution in [2.45, 2.75) is 13.0 Å². The Bertz CT molecular complexity index is 422. The van der Waals surface area contributed by atoms with Gasteiger partial charge in [0.2, 0.25) is 0 Å². The molecule has 1 fully saturated rings. The molecule has 1 amide bonds. The van der Waals surface area contributed by atoms with Gasteiger partial charge in [-0.25, -0.2) is 0 Å². The van der Waals surface area contributed by atoms with Crippen LogP contribution in [-0.4, -0.2) is 58.5 Å². The number of pyridine rings is 1. The van der Waals surface area contributed by atoms with Gasteiger partial charge < -0.3 is 14.9 Å². The molecule has 1 aliphatic rings. The van der Waals surface area contributed by atoms with Crippen LogP contribution in [0.4, 0.5) is 0 Å². The lowest BCUT2D eigenvalue weighted by Gasteiger charge is -2.37. The number of carbonyl (C=O) groups is 1. The summed E-state index contributed by atoms with van der Waals surface area (Å²) in [6.45, 7) is 4.40. The standard InChI is InChI=1S/C12H17N3O2/c1-9-8-15(4-3-14(9)2)12(17)10-5-11(16)7-13-6-10/h5-7,9,16H,3-4,8H2,1-2H3. The monoisotopic (exact) mass is 235 g/mol. The van der Waals surface area contributed by atoms with Crippen LogP contribution in [0, 0.1) is 0 Å². The minimum atomic E-state index is -0.0617. The first-order chi connectivity index (χ1) is 8.08. The summed E-state index contributed by atoms with van der Waals surface area (Å²) in [5, 5.41) is 9.31. The molecule has 1 N–H and O–H groups in total. The van der Waals surface area contributed by atoms with E-state index in [4.69, 9.17) is 0 Å². The van der Waals surface area contributed by atoms with Crippen molar-refractivity contribution in [2.75, 3.05) is 26.7 Å². The molecule has 0 aromatic carbocycles. The van der Waals surface area contributed by atoms with Crippen molar-refractivity contribution in [2.24, 2.45) is 0 Å². The van der Waals surface area contributed by atoms with Crippen molar-refractivity contribution >= 4 is 5.91 Å². The van der Waals surface area contributed by atoms with E-state index in [-0.39, 0.29) is 11.7 Å². The van der Waals surface area contributed by atoms with Gasteiger partial charge in [0, 0.05) is 31.9 Å². The first-order valence-corrected chi connectivity index (χ1v) is 5.71. The Morgan fingerprint density at radius 1 is 1.47 bits per heavy atom. The minimum absolute atomic E-state index is 0.0259. The quantitative estimate of drug-likeness (QED) is 0.773. The fourth-order valence-corrected chi connectivity index (χ4v) is 1.96. The van der Waals surface area contributed by atoms with E-state index in [0.29, 0.717) is 18.2 Å². The van der Waals surface area contributed by atoms with Gasteiger partial charge in [-0.15, -0.1) is 0 Å². The lowest BCUT2D eigenvalue weighted by Crippen LogP contribution is -2.52. The molecule has 5 nitrogen and oxygen atoms in total. The Morgan fingerprint density at radius 2 is 2.24 bits per heavy atom. The van der Waals surface area contributed by atoms with Crippen LogP contribution in [-0.2, 0) is 0 Å². The first kappa shape index (κ1) is 11.9. The highest BCUT2D eigenvalue weighted by molar-refractivity contribution is 5.94. The Kier molecular flexibility index (Phi) is 3.28. The van der Waals surface area contributed by atoms with Crippen LogP contribution >= 0.6 is 0 Å². The highest BCUT2D eigenvalue weighted by Gasteiger charge is 2.25. The van der Waals surface area contributed by atoms with Gasteiger partial charge in [-0.3, -0.25) is 9.78 Å². The summed E-state index contributed by atoms with van der Waals surface area (Å²) in [6, 6.07) is 1.82. The van der Waals surface area contributed by atoms with Gasteiger partial charge in [0.1, 0.15) is 5.75 Å². The summed E-state index contributed by atoms with van der Waals surface area (Å²) in [5.74, 6) is -0.0358.